The third-order valence-corrected chi connectivity index (χ3v) is 2.48. The lowest BCUT2D eigenvalue weighted by Crippen LogP contribution is -2.19. The van der Waals surface area contributed by atoms with E-state index >= 15 is 0 Å². The summed E-state index contributed by atoms with van der Waals surface area (Å²) in [5, 5.41) is 13.7. The first-order valence-corrected chi connectivity index (χ1v) is 6.31. The number of amides is 1. The minimum atomic E-state index is -0.798. The third kappa shape index (κ3) is 3.46. The highest BCUT2D eigenvalue weighted by molar-refractivity contribution is 5.86. The number of nitrogens with two attached hydrogens (primary N) is 1. The van der Waals surface area contributed by atoms with Crippen LogP contribution in [-0.4, -0.2) is 46.0 Å². The Hall–Kier alpha value is -2.58. The number of anilines is 2. The standard InChI is InChI=1S/C11H17N7O2/c1-2-3-14-11-16-8(13-4-5-20-10(12)19)7-6-15-18-9(7)17-11/h6H,2-5H2,1H3,(H2,12,19)(H3,13,14,15,16,17,18). The number of fused-ring (bicyclic) bond motifs is 1. The number of ether oxygens (including phenoxy) is 1. The highest BCUT2D eigenvalue weighted by Gasteiger charge is 2.09. The van der Waals surface area contributed by atoms with Crippen molar-refractivity contribution in [2.45, 2.75) is 13.3 Å². The number of hydrogen-bond acceptors (Lipinski definition) is 7. The second kappa shape index (κ2) is 6.55. The van der Waals surface area contributed by atoms with Gasteiger partial charge in [0.05, 0.1) is 18.1 Å². The zero-order valence-electron chi connectivity index (χ0n) is 11.1. The molecule has 0 bridgehead atoms. The molecule has 0 spiro atoms. The van der Waals surface area contributed by atoms with E-state index in [2.05, 4.69) is 42.5 Å². The largest absolute Gasteiger partial charge is 0.448 e. The molecule has 9 heteroatoms. The van der Waals surface area contributed by atoms with Crippen molar-refractivity contribution in [3.63, 3.8) is 0 Å². The second-order valence-electron chi connectivity index (χ2n) is 4.05. The van der Waals surface area contributed by atoms with Crippen molar-refractivity contribution in [1.29, 1.82) is 0 Å². The van der Waals surface area contributed by atoms with Crippen LogP contribution in [0.25, 0.3) is 11.0 Å². The lowest BCUT2D eigenvalue weighted by atomic mass is 10.4. The van der Waals surface area contributed by atoms with Gasteiger partial charge in [-0.25, -0.2) is 4.79 Å². The number of carbonyl (C=O) groups excluding carboxylic acids is 1. The van der Waals surface area contributed by atoms with Crippen LogP contribution in [0.4, 0.5) is 16.6 Å². The van der Waals surface area contributed by atoms with Crippen LogP contribution < -0.4 is 16.4 Å². The first-order chi connectivity index (χ1) is 9.70. The van der Waals surface area contributed by atoms with E-state index < -0.39 is 6.09 Å². The van der Waals surface area contributed by atoms with Crippen LogP contribution in [0.3, 0.4) is 0 Å². The first-order valence-electron chi connectivity index (χ1n) is 6.31. The minimum Gasteiger partial charge on any atom is -0.448 e. The molecule has 0 unspecified atom stereocenters. The molecule has 0 aliphatic carbocycles. The fourth-order valence-corrected chi connectivity index (χ4v) is 1.61. The van der Waals surface area contributed by atoms with Crippen LogP contribution in [0.15, 0.2) is 6.20 Å². The van der Waals surface area contributed by atoms with E-state index in [0.717, 1.165) is 18.4 Å². The van der Waals surface area contributed by atoms with Gasteiger partial charge in [0.25, 0.3) is 0 Å². The van der Waals surface area contributed by atoms with Gasteiger partial charge in [-0.1, -0.05) is 6.92 Å². The predicted octanol–water partition coefficient (Wildman–Crippen LogP) is 0.682. The Balaban J connectivity index is 2.08. The summed E-state index contributed by atoms with van der Waals surface area (Å²) in [5.74, 6) is 1.14. The molecular weight excluding hydrogens is 262 g/mol. The molecule has 0 saturated heterocycles. The van der Waals surface area contributed by atoms with E-state index in [9.17, 15) is 4.79 Å². The lowest BCUT2D eigenvalue weighted by Gasteiger charge is -2.09. The molecule has 0 aromatic carbocycles. The summed E-state index contributed by atoms with van der Waals surface area (Å²) < 4.78 is 4.65. The molecule has 0 atom stereocenters. The summed E-state index contributed by atoms with van der Waals surface area (Å²) in [6.45, 7) is 3.40. The minimum absolute atomic E-state index is 0.163. The molecule has 2 aromatic heterocycles. The molecule has 0 aliphatic heterocycles. The fraction of sp³-hybridized carbons (Fsp3) is 0.455. The average Bonchev–Trinajstić information content (AvgIpc) is 2.89. The number of nitrogens with one attached hydrogen (secondary N) is 3. The van der Waals surface area contributed by atoms with Gasteiger partial charge in [-0.05, 0) is 6.42 Å². The van der Waals surface area contributed by atoms with Crippen LogP contribution in [0, 0.1) is 0 Å². The zero-order valence-corrected chi connectivity index (χ0v) is 11.1. The second-order valence-corrected chi connectivity index (χ2v) is 4.05. The summed E-state index contributed by atoms with van der Waals surface area (Å²) in [7, 11) is 0. The summed E-state index contributed by atoms with van der Waals surface area (Å²) in [6, 6.07) is 0. The Labute approximate surface area is 115 Å². The normalized spacial score (nSPS) is 10.4. The predicted molar refractivity (Wildman–Crippen MR) is 74.5 cm³/mol. The SMILES string of the molecule is CCCNc1nc(NCCOC(N)=O)c2cn[nH]c2n1. The molecule has 9 nitrogen and oxygen atoms in total. The molecule has 5 N–H and O–H groups in total. The average molecular weight is 279 g/mol. The monoisotopic (exact) mass is 279 g/mol. The number of hydrogen-bond donors (Lipinski definition) is 4. The molecule has 1 amide bonds. The van der Waals surface area contributed by atoms with Gasteiger partial charge in [0.2, 0.25) is 5.95 Å². The van der Waals surface area contributed by atoms with Gasteiger partial charge in [0.15, 0.2) is 5.65 Å². The van der Waals surface area contributed by atoms with Crippen molar-refractivity contribution in [2.75, 3.05) is 30.3 Å². The number of aromatic nitrogens is 4. The molecule has 108 valence electrons. The quantitative estimate of drug-likeness (QED) is 0.548. The van der Waals surface area contributed by atoms with Crippen LogP contribution in [0.2, 0.25) is 0 Å². The van der Waals surface area contributed by atoms with Gasteiger partial charge in [-0.2, -0.15) is 15.1 Å². The molecule has 0 fully saturated rings. The molecule has 0 aliphatic rings. The summed E-state index contributed by atoms with van der Waals surface area (Å²) >= 11 is 0. The van der Waals surface area contributed by atoms with Crippen molar-refractivity contribution in [2.24, 2.45) is 5.73 Å². The summed E-state index contributed by atoms with van der Waals surface area (Å²) in [6.07, 6.45) is 1.81. The topological polar surface area (TPSA) is 131 Å². The molecule has 0 saturated carbocycles. The molecule has 0 radical (unpaired) electrons. The Bertz CT molecular complexity index is 583. The third-order valence-electron chi connectivity index (χ3n) is 2.48. The van der Waals surface area contributed by atoms with Crippen molar-refractivity contribution < 1.29 is 9.53 Å². The van der Waals surface area contributed by atoms with E-state index in [1.807, 2.05) is 0 Å². The highest BCUT2D eigenvalue weighted by Crippen LogP contribution is 2.19. The van der Waals surface area contributed by atoms with Crippen molar-refractivity contribution in [3.05, 3.63) is 6.20 Å². The van der Waals surface area contributed by atoms with Crippen molar-refractivity contribution >= 4 is 28.9 Å². The van der Waals surface area contributed by atoms with Crippen LogP contribution >= 0.6 is 0 Å². The van der Waals surface area contributed by atoms with E-state index in [1.165, 1.54) is 0 Å². The van der Waals surface area contributed by atoms with E-state index in [4.69, 9.17) is 5.73 Å². The van der Waals surface area contributed by atoms with E-state index in [0.29, 0.717) is 24.0 Å². The zero-order chi connectivity index (χ0) is 14.4. The van der Waals surface area contributed by atoms with E-state index in [1.54, 1.807) is 6.20 Å². The first kappa shape index (κ1) is 13.8. The van der Waals surface area contributed by atoms with Gasteiger partial charge in [0, 0.05) is 6.54 Å². The number of rotatable bonds is 7. The summed E-state index contributed by atoms with van der Waals surface area (Å²) in [5.41, 5.74) is 5.52. The Morgan fingerprint density at radius 1 is 1.40 bits per heavy atom. The maximum Gasteiger partial charge on any atom is 0.404 e. The molecule has 20 heavy (non-hydrogen) atoms. The number of nitrogens with zero attached hydrogens (tertiary/aromatic N) is 3. The lowest BCUT2D eigenvalue weighted by molar-refractivity contribution is 0.161. The van der Waals surface area contributed by atoms with Crippen molar-refractivity contribution in [3.8, 4) is 0 Å². The number of carbonyl (C=O) groups is 1. The maximum absolute atomic E-state index is 10.5. The maximum atomic E-state index is 10.5. The van der Waals surface area contributed by atoms with Gasteiger partial charge < -0.3 is 21.1 Å². The number of H-pyrrole nitrogens is 1. The fourth-order valence-electron chi connectivity index (χ4n) is 1.61. The van der Waals surface area contributed by atoms with Gasteiger partial charge in [-0.15, -0.1) is 0 Å². The summed E-state index contributed by atoms with van der Waals surface area (Å²) in [4.78, 5) is 19.1. The van der Waals surface area contributed by atoms with Crippen LogP contribution in [-0.2, 0) is 4.74 Å². The molecule has 2 heterocycles. The van der Waals surface area contributed by atoms with Gasteiger partial charge in [0.1, 0.15) is 12.4 Å². The van der Waals surface area contributed by atoms with Gasteiger partial charge >= 0.3 is 6.09 Å². The van der Waals surface area contributed by atoms with Crippen molar-refractivity contribution in [1.82, 2.24) is 20.2 Å². The smallest absolute Gasteiger partial charge is 0.404 e. The Morgan fingerprint density at radius 2 is 2.25 bits per heavy atom. The Kier molecular flexibility index (Phi) is 4.53. The van der Waals surface area contributed by atoms with E-state index in [-0.39, 0.29) is 6.61 Å². The molecule has 2 rings (SSSR count). The van der Waals surface area contributed by atoms with Gasteiger partial charge in [-0.3, -0.25) is 5.10 Å². The Morgan fingerprint density at radius 3 is 3.00 bits per heavy atom. The molecule has 2 aromatic rings. The van der Waals surface area contributed by atoms with Crippen LogP contribution in [0.5, 0.6) is 0 Å². The number of aromatic amines is 1. The highest BCUT2D eigenvalue weighted by atomic mass is 16.5. The van der Waals surface area contributed by atoms with Crippen LogP contribution in [0.1, 0.15) is 13.3 Å². The number of primary amides is 1. The molecular formula is C11H17N7O2.